The molecule has 0 bridgehead atoms. The van der Waals surface area contributed by atoms with Crippen molar-refractivity contribution in [1.82, 2.24) is 14.6 Å². The number of hydrogen-bond acceptors (Lipinski definition) is 4. The van der Waals surface area contributed by atoms with Crippen LogP contribution in [-0.2, 0) is 0 Å². The Morgan fingerprint density at radius 1 is 1.53 bits per heavy atom. The highest BCUT2D eigenvalue weighted by Gasteiger charge is 2.24. The predicted octanol–water partition coefficient (Wildman–Crippen LogP) is 1.69. The lowest BCUT2D eigenvalue weighted by Gasteiger charge is -2.24. The molecule has 0 unspecified atom stereocenters. The minimum atomic E-state index is 0.620. The maximum Gasteiger partial charge on any atom is 0.180 e. The van der Waals surface area contributed by atoms with E-state index in [0.29, 0.717) is 11.7 Å². The minimum absolute atomic E-state index is 0.620. The zero-order valence-corrected chi connectivity index (χ0v) is 10.0. The van der Waals surface area contributed by atoms with E-state index in [2.05, 4.69) is 21.9 Å². The molecule has 2 aromatic heterocycles. The molecule has 0 aliphatic carbocycles. The van der Waals surface area contributed by atoms with Gasteiger partial charge in [-0.15, -0.1) is 0 Å². The summed E-state index contributed by atoms with van der Waals surface area (Å²) in [6, 6.07) is 2.64. The standard InChI is InChI=1S/C12H17N5/c1-2-9-4-3-6-16(9)11-5-7-17-12(15-11)10(13)8-14-17/h5,7-9H,2-4,6,13H2,1H3/t9-/m1/s1. The van der Waals surface area contributed by atoms with E-state index >= 15 is 0 Å². The van der Waals surface area contributed by atoms with Crippen molar-refractivity contribution in [1.29, 1.82) is 0 Å². The van der Waals surface area contributed by atoms with Crippen molar-refractivity contribution < 1.29 is 0 Å². The number of nitrogens with two attached hydrogens (primary N) is 1. The lowest BCUT2D eigenvalue weighted by atomic mass is 10.2. The quantitative estimate of drug-likeness (QED) is 0.854. The first-order chi connectivity index (χ1) is 8.29. The van der Waals surface area contributed by atoms with Crippen LogP contribution in [0.2, 0.25) is 0 Å². The second-order valence-corrected chi connectivity index (χ2v) is 4.55. The number of anilines is 2. The van der Waals surface area contributed by atoms with Crippen molar-refractivity contribution >= 4 is 17.2 Å². The van der Waals surface area contributed by atoms with Gasteiger partial charge in [0.15, 0.2) is 5.65 Å². The van der Waals surface area contributed by atoms with Crippen LogP contribution in [0, 0.1) is 0 Å². The van der Waals surface area contributed by atoms with E-state index < -0.39 is 0 Å². The largest absolute Gasteiger partial charge is 0.394 e. The van der Waals surface area contributed by atoms with Crippen LogP contribution in [0.25, 0.3) is 5.65 Å². The third kappa shape index (κ3) is 1.62. The highest BCUT2D eigenvalue weighted by molar-refractivity contribution is 5.65. The minimum Gasteiger partial charge on any atom is -0.394 e. The van der Waals surface area contributed by atoms with Gasteiger partial charge in [-0.2, -0.15) is 5.10 Å². The number of rotatable bonds is 2. The Balaban J connectivity index is 2.02. The highest BCUT2D eigenvalue weighted by atomic mass is 15.3. The summed E-state index contributed by atoms with van der Waals surface area (Å²) in [5.74, 6) is 1.02. The summed E-state index contributed by atoms with van der Waals surface area (Å²) in [7, 11) is 0. The third-order valence-electron chi connectivity index (χ3n) is 3.52. The molecule has 1 atom stereocenters. The van der Waals surface area contributed by atoms with Crippen molar-refractivity contribution in [2.75, 3.05) is 17.2 Å². The SMILES string of the molecule is CC[C@@H]1CCCN1c1ccn2ncc(N)c2n1. The Bertz CT molecular complexity index is 533. The van der Waals surface area contributed by atoms with Crippen molar-refractivity contribution in [2.24, 2.45) is 0 Å². The average molecular weight is 231 g/mol. The first kappa shape index (κ1) is 10.4. The molecule has 5 nitrogen and oxygen atoms in total. The molecule has 1 aliphatic heterocycles. The fraction of sp³-hybridized carbons (Fsp3) is 0.500. The van der Waals surface area contributed by atoms with E-state index in [9.17, 15) is 0 Å². The van der Waals surface area contributed by atoms with Crippen LogP contribution in [0.1, 0.15) is 26.2 Å². The van der Waals surface area contributed by atoms with E-state index in [1.54, 1.807) is 10.7 Å². The normalized spacial score (nSPS) is 20.3. The monoisotopic (exact) mass is 231 g/mol. The Morgan fingerprint density at radius 2 is 2.41 bits per heavy atom. The first-order valence-electron chi connectivity index (χ1n) is 6.16. The van der Waals surface area contributed by atoms with E-state index in [1.807, 2.05) is 12.3 Å². The van der Waals surface area contributed by atoms with Crippen LogP contribution in [0.15, 0.2) is 18.5 Å². The first-order valence-corrected chi connectivity index (χ1v) is 6.16. The van der Waals surface area contributed by atoms with Crippen LogP contribution in [0.5, 0.6) is 0 Å². The van der Waals surface area contributed by atoms with Gasteiger partial charge in [-0.25, -0.2) is 9.50 Å². The van der Waals surface area contributed by atoms with Crippen molar-refractivity contribution in [2.45, 2.75) is 32.2 Å². The molecular weight excluding hydrogens is 214 g/mol. The molecule has 0 saturated carbocycles. The summed E-state index contributed by atoms with van der Waals surface area (Å²) >= 11 is 0. The van der Waals surface area contributed by atoms with Crippen LogP contribution >= 0.6 is 0 Å². The molecule has 3 rings (SSSR count). The van der Waals surface area contributed by atoms with Crippen LogP contribution < -0.4 is 10.6 Å². The van der Waals surface area contributed by atoms with Crippen molar-refractivity contribution in [3.8, 4) is 0 Å². The molecule has 5 heteroatoms. The Morgan fingerprint density at radius 3 is 3.24 bits per heavy atom. The molecule has 2 N–H and O–H groups in total. The molecule has 1 saturated heterocycles. The van der Waals surface area contributed by atoms with Gasteiger partial charge in [0.25, 0.3) is 0 Å². The number of aromatic nitrogens is 3. The van der Waals surface area contributed by atoms with Gasteiger partial charge < -0.3 is 10.6 Å². The number of hydrogen-bond donors (Lipinski definition) is 1. The summed E-state index contributed by atoms with van der Waals surface area (Å²) < 4.78 is 1.72. The zero-order chi connectivity index (χ0) is 11.8. The summed E-state index contributed by atoms with van der Waals surface area (Å²) in [5, 5.41) is 4.14. The van der Waals surface area contributed by atoms with Gasteiger partial charge in [-0.3, -0.25) is 0 Å². The second-order valence-electron chi connectivity index (χ2n) is 4.55. The van der Waals surface area contributed by atoms with E-state index in [1.165, 1.54) is 19.3 Å². The molecule has 0 aromatic carbocycles. The molecule has 1 fully saturated rings. The molecule has 2 aromatic rings. The Labute approximate surface area is 100 Å². The molecule has 3 heterocycles. The molecule has 0 amide bonds. The third-order valence-corrected chi connectivity index (χ3v) is 3.52. The maximum atomic E-state index is 5.85. The van der Waals surface area contributed by atoms with E-state index in [0.717, 1.165) is 18.0 Å². The molecule has 1 aliphatic rings. The molecule has 17 heavy (non-hydrogen) atoms. The fourth-order valence-electron chi connectivity index (χ4n) is 2.60. The van der Waals surface area contributed by atoms with Crippen molar-refractivity contribution in [3.63, 3.8) is 0 Å². The summed E-state index contributed by atoms with van der Waals surface area (Å²) in [4.78, 5) is 7.00. The number of fused-ring (bicyclic) bond motifs is 1. The van der Waals surface area contributed by atoms with Crippen LogP contribution in [0.4, 0.5) is 11.5 Å². The lowest BCUT2D eigenvalue weighted by Crippen LogP contribution is -2.29. The summed E-state index contributed by atoms with van der Waals surface area (Å²) in [6.07, 6.45) is 7.26. The predicted molar refractivity (Wildman–Crippen MR) is 68.1 cm³/mol. The summed E-state index contributed by atoms with van der Waals surface area (Å²) in [5.41, 5.74) is 7.24. The van der Waals surface area contributed by atoms with Crippen LogP contribution in [0.3, 0.4) is 0 Å². The summed E-state index contributed by atoms with van der Waals surface area (Å²) in [6.45, 7) is 3.32. The lowest BCUT2D eigenvalue weighted by molar-refractivity contribution is 0.640. The zero-order valence-electron chi connectivity index (χ0n) is 10.0. The molecular formula is C12H17N5. The molecule has 0 spiro atoms. The van der Waals surface area contributed by atoms with Gasteiger partial charge in [0.2, 0.25) is 0 Å². The van der Waals surface area contributed by atoms with Gasteiger partial charge >= 0.3 is 0 Å². The molecule has 90 valence electrons. The van der Waals surface area contributed by atoms with Gasteiger partial charge in [0.05, 0.1) is 11.9 Å². The topological polar surface area (TPSA) is 59.5 Å². The van der Waals surface area contributed by atoms with Crippen LogP contribution in [-0.4, -0.2) is 27.2 Å². The van der Waals surface area contributed by atoms with Gasteiger partial charge in [-0.05, 0) is 25.3 Å². The average Bonchev–Trinajstić information content (AvgIpc) is 2.96. The van der Waals surface area contributed by atoms with E-state index in [-0.39, 0.29) is 0 Å². The van der Waals surface area contributed by atoms with Gasteiger partial charge in [0.1, 0.15) is 5.82 Å². The smallest absolute Gasteiger partial charge is 0.180 e. The Hall–Kier alpha value is -1.78. The number of nitrogen functional groups attached to an aromatic ring is 1. The number of nitrogens with zero attached hydrogens (tertiary/aromatic N) is 4. The fourth-order valence-corrected chi connectivity index (χ4v) is 2.60. The molecule has 0 radical (unpaired) electrons. The second kappa shape index (κ2) is 3.91. The highest BCUT2D eigenvalue weighted by Crippen LogP contribution is 2.26. The van der Waals surface area contributed by atoms with Gasteiger partial charge in [-0.1, -0.05) is 6.92 Å². The van der Waals surface area contributed by atoms with Crippen molar-refractivity contribution in [3.05, 3.63) is 18.5 Å². The Kier molecular flexibility index (Phi) is 2.39. The van der Waals surface area contributed by atoms with E-state index in [4.69, 9.17) is 5.73 Å². The van der Waals surface area contributed by atoms with Gasteiger partial charge in [0, 0.05) is 18.8 Å². The maximum absolute atomic E-state index is 5.85.